The number of nitrogens with one attached hydrogen (secondary N) is 1. The van der Waals surface area contributed by atoms with Crippen LogP contribution in [0.15, 0.2) is 42.5 Å². The standard InChI is InChI=1S/C24H31NO3/c1-7-28-21-13-11-18(15-22(21)27-6)12-14-23(26)25-24-19(16(2)3)9-8-10-20(24)17(4)5/h8-17H,7H2,1-6H3,(H,25,26). The van der Waals surface area contributed by atoms with Gasteiger partial charge in [0.25, 0.3) is 0 Å². The number of rotatable bonds is 8. The molecule has 4 heteroatoms. The summed E-state index contributed by atoms with van der Waals surface area (Å²) in [5.74, 6) is 1.85. The maximum Gasteiger partial charge on any atom is 0.248 e. The van der Waals surface area contributed by atoms with Crippen molar-refractivity contribution in [2.75, 3.05) is 19.0 Å². The Labute approximate surface area is 168 Å². The van der Waals surface area contributed by atoms with Crippen LogP contribution in [0.2, 0.25) is 0 Å². The van der Waals surface area contributed by atoms with Gasteiger partial charge in [0.1, 0.15) is 0 Å². The van der Waals surface area contributed by atoms with E-state index in [9.17, 15) is 4.79 Å². The fourth-order valence-electron chi connectivity index (χ4n) is 3.09. The molecule has 0 aliphatic carbocycles. The van der Waals surface area contributed by atoms with Crippen LogP contribution in [0, 0.1) is 0 Å². The molecule has 0 unspecified atom stereocenters. The first-order chi connectivity index (χ1) is 13.4. The molecular weight excluding hydrogens is 350 g/mol. The van der Waals surface area contributed by atoms with Crippen molar-refractivity contribution in [1.29, 1.82) is 0 Å². The van der Waals surface area contributed by atoms with Gasteiger partial charge in [-0.05, 0) is 53.7 Å². The Morgan fingerprint density at radius 1 is 1.04 bits per heavy atom. The Morgan fingerprint density at radius 2 is 1.68 bits per heavy atom. The second-order valence-corrected chi connectivity index (χ2v) is 7.29. The molecule has 0 aromatic heterocycles. The summed E-state index contributed by atoms with van der Waals surface area (Å²) < 4.78 is 10.9. The van der Waals surface area contributed by atoms with E-state index >= 15 is 0 Å². The molecule has 0 bridgehead atoms. The molecule has 0 spiro atoms. The number of amides is 1. The van der Waals surface area contributed by atoms with E-state index in [-0.39, 0.29) is 5.91 Å². The number of methoxy groups -OCH3 is 1. The molecule has 2 rings (SSSR count). The molecule has 0 aliphatic rings. The largest absolute Gasteiger partial charge is 0.493 e. The molecule has 0 radical (unpaired) electrons. The van der Waals surface area contributed by atoms with Gasteiger partial charge in [-0.1, -0.05) is 52.0 Å². The van der Waals surface area contributed by atoms with Crippen LogP contribution in [0.4, 0.5) is 5.69 Å². The van der Waals surface area contributed by atoms with Crippen molar-refractivity contribution >= 4 is 17.7 Å². The van der Waals surface area contributed by atoms with Crippen LogP contribution >= 0.6 is 0 Å². The normalized spacial score (nSPS) is 11.3. The van der Waals surface area contributed by atoms with E-state index in [0.717, 1.165) is 22.4 Å². The molecule has 0 saturated heterocycles. The number of hydrogen-bond acceptors (Lipinski definition) is 3. The van der Waals surface area contributed by atoms with Crippen molar-refractivity contribution in [2.24, 2.45) is 0 Å². The van der Waals surface area contributed by atoms with Crippen LogP contribution in [-0.4, -0.2) is 19.6 Å². The first kappa shape index (κ1) is 21.5. The van der Waals surface area contributed by atoms with E-state index in [1.165, 1.54) is 0 Å². The topological polar surface area (TPSA) is 47.6 Å². The Balaban J connectivity index is 2.23. The highest BCUT2D eigenvalue weighted by molar-refractivity contribution is 6.03. The maximum absolute atomic E-state index is 12.6. The van der Waals surface area contributed by atoms with Crippen LogP contribution in [0.5, 0.6) is 11.5 Å². The number of ether oxygens (including phenoxy) is 2. The lowest BCUT2D eigenvalue weighted by Crippen LogP contribution is -2.13. The highest BCUT2D eigenvalue weighted by Gasteiger charge is 2.15. The quantitative estimate of drug-likeness (QED) is 0.571. The second kappa shape index (κ2) is 9.98. The minimum atomic E-state index is -0.150. The Kier molecular flexibility index (Phi) is 7.68. The maximum atomic E-state index is 12.6. The summed E-state index contributed by atoms with van der Waals surface area (Å²) in [6.07, 6.45) is 3.33. The predicted molar refractivity (Wildman–Crippen MR) is 116 cm³/mol. The molecule has 1 N–H and O–H groups in total. The molecule has 1 amide bonds. The second-order valence-electron chi connectivity index (χ2n) is 7.29. The number of para-hydroxylation sites is 1. The van der Waals surface area contributed by atoms with Crippen LogP contribution in [-0.2, 0) is 4.79 Å². The van der Waals surface area contributed by atoms with Gasteiger partial charge in [-0.2, -0.15) is 0 Å². The van der Waals surface area contributed by atoms with Gasteiger partial charge >= 0.3 is 0 Å². The van der Waals surface area contributed by atoms with Gasteiger partial charge in [-0.15, -0.1) is 0 Å². The van der Waals surface area contributed by atoms with Gasteiger partial charge in [-0.3, -0.25) is 4.79 Å². The fraction of sp³-hybridized carbons (Fsp3) is 0.375. The lowest BCUT2D eigenvalue weighted by atomic mass is 9.92. The molecular formula is C24H31NO3. The molecule has 2 aromatic rings. The molecule has 0 atom stereocenters. The van der Waals surface area contributed by atoms with Crippen LogP contribution in [0.25, 0.3) is 6.08 Å². The van der Waals surface area contributed by atoms with Crippen molar-refractivity contribution in [3.63, 3.8) is 0 Å². The molecule has 2 aromatic carbocycles. The third-order valence-corrected chi connectivity index (χ3v) is 4.54. The molecule has 0 aliphatic heterocycles. The van der Waals surface area contributed by atoms with Gasteiger partial charge in [-0.25, -0.2) is 0 Å². The lowest BCUT2D eigenvalue weighted by Gasteiger charge is -2.19. The summed E-state index contributed by atoms with van der Waals surface area (Å²) in [6, 6.07) is 11.8. The molecule has 0 heterocycles. The van der Waals surface area contributed by atoms with Crippen molar-refractivity contribution in [2.45, 2.75) is 46.5 Å². The zero-order valence-corrected chi connectivity index (χ0v) is 17.7. The third-order valence-electron chi connectivity index (χ3n) is 4.54. The summed E-state index contributed by atoms with van der Waals surface area (Å²) in [4.78, 5) is 12.6. The average Bonchev–Trinajstić information content (AvgIpc) is 2.67. The third kappa shape index (κ3) is 5.38. The van der Waals surface area contributed by atoms with E-state index in [1.54, 1.807) is 19.3 Å². The Hall–Kier alpha value is -2.75. The minimum absolute atomic E-state index is 0.150. The van der Waals surface area contributed by atoms with Crippen LogP contribution in [0.1, 0.15) is 63.1 Å². The van der Waals surface area contributed by atoms with Gasteiger partial charge in [0.15, 0.2) is 11.5 Å². The minimum Gasteiger partial charge on any atom is -0.493 e. The number of hydrogen-bond donors (Lipinski definition) is 1. The number of benzene rings is 2. The Bertz CT molecular complexity index is 811. The smallest absolute Gasteiger partial charge is 0.248 e. The SMILES string of the molecule is CCOc1ccc(C=CC(=O)Nc2c(C(C)C)cccc2C(C)C)cc1OC. The number of anilines is 1. The Morgan fingerprint density at radius 3 is 2.21 bits per heavy atom. The zero-order valence-electron chi connectivity index (χ0n) is 17.7. The fourth-order valence-corrected chi connectivity index (χ4v) is 3.09. The first-order valence-electron chi connectivity index (χ1n) is 9.80. The molecule has 0 fully saturated rings. The predicted octanol–water partition coefficient (Wildman–Crippen LogP) is 5.99. The number of carbonyl (C=O) groups excluding carboxylic acids is 1. The summed E-state index contributed by atoms with van der Waals surface area (Å²) in [7, 11) is 1.61. The molecule has 28 heavy (non-hydrogen) atoms. The van der Waals surface area contributed by atoms with Crippen molar-refractivity contribution in [3.8, 4) is 11.5 Å². The highest BCUT2D eigenvalue weighted by atomic mass is 16.5. The van der Waals surface area contributed by atoms with Crippen molar-refractivity contribution in [3.05, 3.63) is 59.2 Å². The average molecular weight is 382 g/mol. The van der Waals surface area contributed by atoms with E-state index in [0.29, 0.717) is 29.9 Å². The van der Waals surface area contributed by atoms with E-state index in [1.807, 2.05) is 25.1 Å². The molecule has 4 nitrogen and oxygen atoms in total. The molecule has 150 valence electrons. The number of carbonyl (C=O) groups is 1. The van der Waals surface area contributed by atoms with Gasteiger partial charge in [0, 0.05) is 11.8 Å². The summed E-state index contributed by atoms with van der Waals surface area (Å²) in [5, 5.41) is 3.09. The monoisotopic (exact) mass is 381 g/mol. The van der Waals surface area contributed by atoms with Gasteiger partial charge in [0.2, 0.25) is 5.91 Å². The van der Waals surface area contributed by atoms with Crippen LogP contribution < -0.4 is 14.8 Å². The first-order valence-corrected chi connectivity index (χ1v) is 9.80. The highest BCUT2D eigenvalue weighted by Crippen LogP contribution is 2.32. The van der Waals surface area contributed by atoms with Crippen molar-refractivity contribution < 1.29 is 14.3 Å². The van der Waals surface area contributed by atoms with E-state index in [4.69, 9.17) is 9.47 Å². The zero-order chi connectivity index (χ0) is 20.7. The summed E-state index contributed by atoms with van der Waals surface area (Å²) in [6.45, 7) is 11.0. The summed E-state index contributed by atoms with van der Waals surface area (Å²) in [5.41, 5.74) is 4.09. The van der Waals surface area contributed by atoms with Gasteiger partial charge < -0.3 is 14.8 Å². The van der Waals surface area contributed by atoms with E-state index in [2.05, 4.69) is 51.2 Å². The molecule has 0 saturated carbocycles. The van der Waals surface area contributed by atoms with E-state index < -0.39 is 0 Å². The van der Waals surface area contributed by atoms with Crippen LogP contribution in [0.3, 0.4) is 0 Å². The summed E-state index contributed by atoms with van der Waals surface area (Å²) >= 11 is 0. The lowest BCUT2D eigenvalue weighted by molar-refractivity contribution is -0.111. The van der Waals surface area contributed by atoms with Crippen molar-refractivity contribution in [1.82, 2.24) is 0 Å². The van der Waals surface area contributed by atoms with Gasteiger partial charge in [0.05, 0.1) is 13.7 Å².